The maximum absolute atomic E-state index is 4.98. The lowest BCUT2D eigenvalue weighted by molar-refractivity contribution is 0.471. The van der Waals surface area contributed by atoms with Gasteiger partial charge in [-0.05, 0) is 0 Å². The van der Waals surface area contributed by atoms with E-state index in [-0.39, 0.29) is 0 Å². The molecule has 0 saturated heterocycles. The SMILES string of the molecule is CC(C)c1ncco1. The summed E-state index contributed by atoms with van der Waals surface area (Å²) in [6.07, 6.45) is 3.25. The summed E-state index contributed by atoms with van der Waals surface area (Å²) in [6, 6.07) is 0. The summed E-state index contributed by atoms with van der Waals surface area (Å²) < 4.78 is 4.98. The van der Waals surface area contributed by atoms with Gasteiger partial charge in [0.15, 0.2) is 5.89 Å². The third-order valence-electron chi connectivity index (χ3n) is 0.945. The summed E-state index contributed by atoms with van der Waals surface area (Å²) in [5, 5.41) is 0. The van der Waals surface area contributed by atoms with Crippen molar-refractivity contribution in [2.75, 3.05) is 0 Å². The number of oxazole rings is 1. The summed E-state index contributed by atoms with van der Waals surface area (Å²) in [4.78, 5) is 3.95. The Bertz CT molecular complexity index is 144. The van der Waals surface area contributed by atoms with Gasteiger partial charge in [0.2, 0.25) is 0 Å². The molecule has 0 atom stereocenters. The Labute approximate surface area is 48.5 Å². The highest BCUT2D eigenvalue weighted by atomic mass is 16.3. The van der Waals surface area contributed by atoms with E-state index in [4.69, 9.17) is 4.42 Å². The van der Waals surface area contributed by atoms with Crippen LogP contribution in [0.15, 0.2) is 16.9 Å². The lowest BCUT2D eigenvalue weighted by Gasteiger charge is -1.92. The summed E-state index contributed by atoms with van der Waals surface area (Å²) in [5.41, 5.74) is 0. The van der Waals surface area contributed by atoms with Crippen molar-refractivity contribution in [2.45, 2.75) is 19.8 Å². The van der Waals surface area contributed by atoms with E-state index >= 15 is 0 Å². The number of hydrogen-bond donors (Lipinski definition) is 0. The minimum Gasteiger partial charge on any atom is -0.449 e. The van der Waals surface area contributed by atoms with Gasteiger partial charge < -0.3 is 4.42 Å². The minimum atomic E-state index is 0.407. The molecular formula is C6H9NO. The Morgan fingerprint density at radius 1 is 1.62 bits per heavy atom. The minimum absolute atomic E-state index is 0.407. The van der Waals surface area contributed by atoms with Gasteiger partial charge in [0, 0.05) is 5.92 Å². The predicted octanol–water partition coefficient (Wildman–Crippen LogP) is 1.80. The van der Waals surface area contributed by atoms with Gasteiger partial charge in [-0.15, -0.1) is 0 Å². The monoisotopic (exact) mass is 111 g/mol. The molecule has 0 aromatic carbocycles. The van der Waals surface area contributed by atoms with Gasteiger partial charge in [-0.3, -0.25) is 0 Å². The van der Waals surface area contributed by atoms with Gasteiger partial charge in [0.05, 0.1) is 6.20 Å². The highest BCUT2D eigenvalue weighted by Gasteiger charge is 2.00. The third kappa shape index (κ3) is 0.886. The van der Waals surface area contributed by atoms with Gasteiger partial charge in [-0.25, -0.2) is 4.98 Å². The zero-order valence-corrected chi connectivity index (χ0v) is 5.09. The van der Waals surface area contributed by atoms with E-state index in [1.807, 2.05) is 13.8 Å². The van der Waals surface area contributed by atoms with E-state index in [1.54, 1.807) is 12.5 Å². The van der Waals surface area contributed by atoms with Gasteiger partial charge in [-0.1, -0.05) is 13.8 Å². The standard InChI is InChI=1S/C6H9NO/c1-5(2)6-7-3-4-8-6/h3-5H,1-2H3. The van der Waals surface area contributed by atoms with E-state index < -0.39 is 0 Å². The third-order valence-corrected chi connectivity index (χ3v) is 0.945. The van der Waals surface area contributed by atoms with Crippen molar-refractivity contribution >= 4 is 0 Å². The van der Waals surface area contributed by atoms with Crippen LogP contribution in [-0.4, -0.2) is 4.98 Å². The highest BCUT2D eigenvalue weighted by Crippen LogP contribution is 2.09. The molecule has 0 amide bonds. The van der Waals surface area contributed by atoms with Crippen LogP contribution in [0.1, 0.15) is 25.7 Å². The van der Waals surface area contributed by atoms with Crippen LogP contribution in [-0.2, 0) is 0 Å². The number of aromatic nitrogens is 1. The number of hydrogen-bond acceptors (Lipinski definition) is 2. The van der Waals surface area contributed by atoms with Crippen molar-refractivity contribution in [2.24, 2.45) is 0 Å². The first-order valence-corrected chi connectivity index (χ1v) is 2.70. The zero-order valence-electron chi connectivity index (χ0n) is 5.09. The molecule has 2 heteroatoms. The molecule has 0 spiro atoms. The van der Waals surface area contributed by atoms with E-state index in [0.29, 0.717) is 5.92 Å². The van der Waals surface area contributed by atoms with Crippen LogP contribution in [0.25, 0.3) is 0 Å². The largest absolute Gasteiger partial charge is 0.449 e. The zero-order chi connectivity index (χ0) is 5.98. The van der Waals surface area contributed by atoms with Crippen LogP contribution in [0.5, 0.6) is 0 Å². The summed E-state index contributed by atoms with van der Waals surface area (Å²) in [5.74, 6) is 1.22. The molecule has 0 aliphatic rings. The first-order chi connectivity index (χ1) is 3.80. The second-order valence-corrected chi connectivity index (χ2v) is 2.03. The van der Waals surface area contributed by atoms with Crippen LogP contribution in [0, 0.1) is 0 Å². The van der Waals surface area contributed by atoms with Crippen LogP contribution in [0.3, 0.4) is 0 Å². The Morgan fingerprint density at radius 2 is 2.38 bits per heavy atom. The molecule has 2 nitrogen and oxygen atoms in total. The molecule has 44 valence electrons. The second kappa shape index (κ2) is 1.99. The lowest BCUT2D eigenvalue weighted by Crippen LogP contribution is -1.83. The molecule has 0 radical (unpaired) electrons. The lowest BCUT2D eigenvalue weighted by atomic mass is 10.2. The first kappa shape index (κ1) is 5.35. The van der Waals surface area contributed by atoms with Crippen LogP contribution >= 0.6 is 0 Å². The summed E-state index contributed by atoms with van der Waals surface area (Å²) in [6.45, 7) is 4.09. The average molecular weight is 111 g/mol. The number of rotatable bonds is 1. The van der Waals surface area contributed by atoms with Gasteiger partial charge in [0.1, 0.15) is 6.26 Å². The molecule has 0 unspecified atom stereocenters. The Morgan fingerprint density at radius 3 is 2.62 bits per heavy atom. The van der Waals surface area contributed by atoms with Crippen molar-refractivity contribution in [1.82, 2.24) is 4.98 Å². The maximum atomic E-state index is 4.98. The second-order valence-electron chi connectivity index (χ2n) is 2.03. The van der Waals surface area contributed by atoms with Crippen LogP contribution in [0.2, 0.25) is 0 Å². The Hall–Kier alpha value is -0.790. The van der Waals surface area contributed by atoms with Gasteiger partial charge in [-0.2, -0.15) is 0 Å². The molecule has 0 fully saturated rings. The quantitative estimate of drug-likeness (QED) is 0.552. The van der Waals surface area contributed by atoms with Crippen molar-refractivity contribution in [3.8, 4) is 0 Å². The van der Waals surface area contributed by atoms with Gasteiger partial charge in [0.25, 0.3) is 0 Å². The molecule has 0 N–H and O–H groups in total. The molecular weight excluding hydrogens is 102 g/mol. The van der Waals surface area contributed by atoms with Crippen molar-refractivity contribution in [3.05, 3.63) is 18.4 Å². The first-order valence-electron chi connectivity index (χ1n) is 2.70. The van der Waals surface area contributed by atoms with Crippen molar-refractivity contribution in [1.29, 1.82) is 0 Å². The fourth-order valence-electron chi connectivity index (χ4n) is 0.520. The van der Waals surface area contributed by atoms with Gasteiger partial charge >= 0.3 is 0 Å². The molecule has 0 aliphatic carbocycles. The molecule has 0 aliphatic heterocycles. The maximum Gasteiger partial charge on any atom is 0.196 e. The van der Waals surface area contributed by atoms with Crippen LogP contribution in [0.4, 0.5) is 0 Å². The van der Waals surface area contributed by atoms with E-state index in [0.717, 1.165) is 5.89 Å². The summed E-state index contributed by atoms with van der Waals surface area (Å²) >= 11 is 0. The van der Waals surface area contributed by atoms with Crippen molar-refractivity contribution in [3.63, 3.8) is 0 Å². The number of nitrogens with zero attached hydrogens (tertiary/aromatic N) is 1. The highest BCUT2D eigenvalue weighted by molar-refractivity contribution is 4.85. The fraction of sp³-hybridized carbons (Fsp3) is 0.500. The fourth-order valence-corrected chi connectivity index (χ4v) is 0.520. The molecule has 1 rings (SSSR count). The van der Waals surface area contributed by atoms with Crippen molar-refractivity contribution < 1.29 is 4.42 Å². The normalized spacial score (nSPS) is 10.4. The van der Waals surface area contributed by atoms with E-state index in [1.165, 1.54) is 0 Å². The average Bonchev–Trinajstić information content (AvgIpc) is 2.12. The smallest absolute Gasteiger partial charge is 0.196 e. The van der Waals surface area contributed by atoms with E-state index in [9.17, 15) is 0 Å². The molecule has 8 heavy (non-hydrogen) atoms. The summed E-state index contributed by atoms with van der Waals surface area (Å²) in [7, 11) is 0. The van der Waals surface area contributed by atoms with Crippen LogP contribution < -0.4 is 0 Å². The topological polar surface area (TPSA) is 26.0 Å². The Kier molecular flexibility index (Phi) is 1.33. The molecule has 1 aromatic heterocycles. The molecule has 0 saturated carbocycles. The molecule has 1 aromatic rings. The molecule has 0 bridgehead atoms. The molecule has 1 heterocycles. The van der Waals surface area contributed by atoms with E-state index in [2.05, 4.69) is 4.98 Å². The Balaban J connectivity index is 2.77. The predicted molar refractivity (Wildman–Crippen MR) is 30.6 cm³/mol.